The minimum absolute atomic E-state index is 0.243. The Balaban J connectivity index is 1.95. The van der Waals surface area contributed by atoms with Crippen LogP contribution in [0.4, 0.5) is 4.79 Å². The van der Waals surface area contributed by atoms with Gasteiger partial charge in [-0.15, -0.1) is 0 Å². The molecule has 128 valence electrons. The molecule has 3 aliphatic rings. The highest BCUT2D eigenvalue weighted by Gasteiger charge is 2.61. The molecule has 7 heteroatoms. The first-order valence-electron chi connectivity index (χ1n) is 8.24. The summed E-state index contributed by atoms with van der Waals surface area (Å²) in [6.45, 7) is 0.777. The molecule has 3 amide bonds. The Morgan fingerprint density at radius 1 is 1.28 bits per heavy atom. The third-order valence-corrected chi connectivity index (χ3v) is 5.59. The zero-order valence-corrected chi connectivity index (χ0v) is 13.5. The molecule has 7 nitrogen and oxygen atoms in total. The zero-order chi connectivity index (χ0) is 17.6. The summed E-state index contributed by atoms with van der Waals surface area (Å²) in [6, 6.07) is 11.2. The van der Waals surface area contributed by atoms with Crippen LogP contribution in [0.3, 0.4) is 0 Å². The number of nitrogens with one attached hydrogen (secondary N) is 2. The number of nitrogens with zero attached hydrogens (tertiary/aromatic N) is 1. The predicted octanol–water partition coefficient (Wildman–Crippen LogP) is 0.751. The van der Waals surface area contributed by atoms with Crippen LogP contribution in [0, 0.1) is 23.2 Å². The van der Waals surface area contributed by atoms with Crippen molar-refractivity contribution in [3.8, 4) is 6.07 Å². The Morgan fingerprint density at radius 3 is 2.76 bits per heavy atom. The summed E-state index contributed by atoms with van der Waals surface area (Å²) in [5.41, 5.74) is 7.03. The lowest BCUT2D eigenvalue weighted by molar-refractivity contribution is -0.132. The van der Waals surface area contributed by atoms with Gasteiger partial charge >= 0.3 is 6.03 Å². The number of allylic oxidation sites excluding steroid dienone is 1. The summed E-state index contributed by atoms with van der Waals surface area (Å²) < 4.78 is 5.68. The molecule has 2 aliphatic heterocycles. The van der Waals surface area contributed by atoms with Gasteiger partial charge in [-0.3, -0.25) is 10.1 Å². The monoisotopic (exact) mass is 338 g/mol. The molecule has 2 fully saturated rings. The maximum absolute atomic E-state index is 12.6. The normalized spacial score (nSPS) is 34.3. The molecule has 4 atom stereocenters. The van der Waals surface area contributed by atoms with Crippen molar-refractivity contribution in [1.29, 1.82) is 5.26 Å². The van der Waals surface area contributed by atoms with E-state index in [1.54, 1.807) is 0 Å². The van der Waals surface area contributed by atoms with Gasteiger partial charge < -0.3 is 15.8 Å². The molecule has 2 heterocycles. The lowest BCUT2D eigenvalue weighted by atomic mass is 9.57. The molecule has 0 aromatic heterocycles. The summed E-state index contributed by atoms with van der Waals surface area (Å²) in [5, 5.41) is 15.0. The standard InChI is InChI=1S/C18H18N4O3/c19-8-11-13(10-4-2-1-3-5-10)12-9-25-7-6-18(12)14(15(11)20)16(23)21-17(24)22-18/h1-5,12-14H,6-7,9,20H2,(H2,21,22,23,24)/t12-,13+,14-,18-/m0/s1. The molecule has 1 spiro atoms. The lowest BCUT2D eigenvalue weighted by Crippen LogP contribution is -2.74. The van der Waals surface area contributed by atoms with E-state index in [-0.39, 0.29) is 17.5 Å². The first-order valence-corrected chi connectivity index (χ1v) is 8.24. The highest BCUT2D eigenvalue weighted by Crippen LogP contribution is 2.52. The summed E-state index contributed by atoms with van der Waals surface area (Å²) >= 11 is 0. The second-order valence-electron chi connectivity index (χ2n) is 6.72. The topological polar surface area (TPSA) is 117 Å². The van der Waals surface area contributed by atoms with Crippen LogP contribution in [-0.2, 0) is 9.53 Å². The highest BCUT2D eigenvalue weighted by molar-refractivity contribution is 6.01. The smallest absolute Gasteiger partial charge is 0.321 e. The minimum atomic E-state index is -0.831. The Kier molecular flexibility index (Phi) is 3.51. The van der Waals surface area contributed by atoms with E-state index < -0.39 is 23.4 Å². The number of hydrogen-bond donors (Lipinski definition) is 3. The summed E-state index contributed by atoms with van der Waals surface area (Å²) in [5.74, 6) is -1.78. The molecular weight excluding hydrogens is 320 g/mol. The molecule has 2 saturated heterocycles. The number of carbonyl (C=O) groups is 2. The largest absolute Gasteiger partial charge is 0.400 e. The predicted molar refractivity (Wildman–Crippen MR) is 87.8 cm³/mol. The first kappa shape index (κ1) is 15.7. The van der Waals surface area contributed by atoms with Gasteiger partial charge in [0.2, 0.25) is 5.91 Å². The maximum atomic E-state index is 12.6. The summed E-state index contributed by atoms with van der Waals surface area (Å²) in [4.78, 5) is 24.6. The molecule has 0 bridgehead atoms. The van der Waals surface area contributed by atoms with Crippen LogP contribution in [0.15, 0.2) is 41.6 Å². The van der Waals surface area contributed by atoms with Crippen LogP contribution in [0.25, 0.3) is 0 Å². The molecule has 25 heavy (non-hydrogen) atoms. The molecule has 0 radical (unpaired) electrons. The molecule has 0 saturated carbocycles. The van der Waals surface area contributed by atoms with Crippen molar-refractivity contribution in [1.82, 2.24) is 10.6 Å². The van der Waals surface area contributed by atoms with E-state index in [0.717, 1.165) is 5.56 Å². The van der Waals surface area contributed by atoms with Crippen LogP contribution in [0.1, 0.15) is 17.9 Å². The highest BCUT2D eigenvalue weighted by atomic mass is 16.5. The lowest BCUT2D eigenvalue weighted by Gasteiger charge is -2.55. The van der Waals surface area contributed by atoms with Gasteiger partial charge in [-0.25, -0.2) is 4.79 Å². The average molecular weight is 338 g/mol. The van der Waals surface area contributed by atoms with Gasteiger partial charge in [0, 0.05) is 24.1 Å². The van der Waals surface area contributed by atoms with Gasteiger partial charge in [0.25, 0.3) is 0 Å². The van der Waals surface area contributed by atoms with E-state index in [1.807, 2.05) is 30.3 Å². The minimum Gasteiger partial charge on any atom is -0.400 e. The van der Waals surface area contributed by atoms with Gasteiger partial charge in [-0.05, 0) is 12.0 Å². The van der Waals surface area contributed by atoms with Crippen molar-refractivity contribution in [3.05, 3.63) is 47.2 Å². The number of carbonyl (C=O) groups excluding carboxylic acids is 2. The second-order valence-corrected chi connectivity index (χ2v) is 6.72. The number of nitriles is 1. The van der Waals surface area contributed by atoms with Crippen LogP contribution >= 0.6 is 0 Å². The molecular formula is C18H18N4O3. The Bertz CT molecular complexity index is 813. The van der Waals surface area contributed by atoms with Crippen LogP contribution in [-0.4, -0.2) is 30.7 Å². The quantitative estimate of drug-likeness (QED) is 0.698. The van der Waals surface area contributed by atoms with Crippen molar-refractivity contribution in [2.24, 2.45) is 17.6 Å². The molecule has 4 rings (SSSR count). The number of ether oxygens (including phenoxy) is 1. The number of benzene rings is 1. The van der Waals surface area contributed by atoms with E-state index in [2.05, 4.69) is 16.7 Å². The second kappa shape index (κ2) is 5.60. The summed E-state index contributed by atoms with van der Waals surface area (Å²) in [6.07, 6.45) is 0.476. The van der Waals surface area contributed by atoms with E-state index in [4.69, 9.17) is 10.5 Å². The number of imide groups is 1. The van der Waals surface area contributed by atoms with E-state index in [0.29, 0.717) is 25.2 Å². The maximum Gasteiger partial charge on any atom is 0.321 e. The molecule has 4 N–H and O–H groups in total. The van der Waals surface area contributed by atoms with Crippen molar-refractivity contribution < 1.29 is 14.3 Å². The van der Waals surface area contributed by atoms with E-state index in [9.17, 15) is 14.9 Å². The molecule has 0 unspecified atom stereocenters. The van der Waals surface area contributed by atoms with Crippen LogP contribution in [0.5, 0.6) is 0 Å². The van der Waals surface area contributed by atoms with Gasteiger partial charge in [0.1, 0.15) is 5.92 Å². The van der Waals surface area contributed by atoms with E-state index >= 15 is 0 Å². The van der Waals surface area contributed by atoms with Crippen molar-refractivity contribution in [2.75, 3.05) is 13.2 Å². The Labute approximate surface area is 144 Å². The first-order chi connectivity index (χ1) is 12.1. The number of rotatable bonds is 1. The Morgan fingerprint density at radius 2 is 2.04 bits per heavy atom. The molecule has 1 aromatic carbocycles. The van der Waals surface area contributed by atoms with Gasteiger partial charge in [0.15, 0.2) is 0 Å². The SMILES string of the molecule is N#CC1=C(N)[C@H]2C(=O)NC(=O)N[C@]23CCOC[C@H]3[C@@H]1c1ccccc1. The van der Waals surface area contributed by atoms with Crippen molar-refractivity contribution in [3.63, 3.8) is 0 Å². The number of amides is 3. The Hall–Kier alpha value is -2.85. The van der Waals surface area contributed by atoms with Crippen molar-refractivity contribution >= 4 is 11.9 Å². The zero-order valence-electron chi connectivity index (χ0n) is 13.5. The number of nitrogens with two attached hydrogens (primary N) is 1. The van der Waals surface area contributed by atoms with Crippen LogP contribution < -0.4 is 16.4 Å². The fourth-order valence-electron chi connectivity index (χ4n) is 4.57. The average Bonchev–Trinajstić information content (AvgIpc) is 2.60. The van der Waals surface area contributed by atoms with Gasteiger partial charge in [0.05, 0.1) is 23.8 Å². The number of urea groups is 1. The summed E-state index contributed by atoms with van der Waals surface area (Å²) in [7, 11) is 0. The molecule has 1 aliphatic carbocycles. The molecule has 1 aromatic rings. The van der Waals surface area contributed by atoms with Crippen LogP contribution in [0.2, 0.25) is 0 Å². The fraction of sp³-hybridized carbons (Fsp3) is 0.389. The fourth-order valence-corrected chi connectivity index (χ4v) is 4.57. The number of hydrogen-bond acceptors (Lipinski definition) is 5. The van der Waals surface area contributed by atoms with Gasteiger partial charge in [-0.2, -0.15) is 5.26 Å². The third-order valence-electron chi connectivity index (χ3n) is 5.59. The third kappa shape index (κ3) is 2.14. The van der Waals surface area contributed by atoms with Gasteiger partial charge in [-0.1, -0.05) is 30.3 Å². The van der Waals surface area contributed by atoms with Crippen molar-refractivity contribution in [2.45, 2.75) is 17.9 Å². The van der Waals surface area contributed by atoms with E-state index in [1.165, 1.54) is 0 Å².